The van der Waals surface area contributed by atoms with E-state index in [0.717, 1.165) is 6.07 Å². The number of carbonyl (C=O) groups excluding carboxylic acids is 3. The second-order valence-electron chi connectivity index (χ2n) is 9.21. The van der Waals surface area contributed by atoms with Crippen molar-refractivity contribution in [2.24, 2.45) is 0 Å². The number of aliphatic hydroxyl groups is 2. The van der Waals surface area contributed by atoms with Crippen molar-refractivity contribution in [3.8, 4) is 5.75 Å². The van der Waals surface area contributed by atoms with Gasteiger partial charge in [-0.05, 0) is 24.6 Å². The van der Waals surface area contributed by atoms with E-state index in [1.165, 1.54) is 29.0 Å². The lowest BCUT2D eigenvalue weighted by atomic mass is 9.71. The van der Waals surface area contributed by atoms with E-state index in [2.05, 4.69) is 5.32 Å². The summed E-state index contributed by atoms with van der Waals surface area (Å²) >= 11 is 0. The summed E-state index contributed by atoms with van der Waals surface area (Å²) in [7, 11) is 7.74. The highest BCUT2D eigenvalue weighted by Crippen LogP contribution is 2.36. The average Bonchev–Trinajstić information content (AvgIpc) is 3.28. The van der Waals surface area contributed by atoms with Crippen LogP contribution in [0.1, 0.15) is 39.9 Å². The molecule has 0 saturated carbocycles. The van der Waals surface area contributed by atoms with Crippen molar-refractivity contribution in [2.45, 2.75) is 37.3 Å². The summed E-state index contributed by atoms with van der Waals surface area (Å²) in [5, 5.41) is 23.6. The fraction of sp³-hybridized carbons (Fsp3) is 0.423. The van der Waals surface area contributed by atoms with Gasteiger partial charge >= 0.3 is 0 Å². The molecule has 200 valence electrons. The molecule has 12 heteroatoms. The topological polar surface area (TPSA) is 129 Å². The minimum absolute atomic E-state index is 0.0167. The molecule has 38 heavy (non-hydrogen) atoms. The van der Waals surface area contributed by atoms with E-state index in [1.54, 1.807) is 18.2 Å². The predicted molar refractivity (Wildman–Crippen MR) is 133 cm³/mol. The first-order chi connectivity index (χ1) is 18.1. The van der Waals surface area contributed by atoms with Crippen LogP contribution in [-0.4, -0.2) is 84.7 Å². The van der Waals surface area contributed by atoms with Gasteiger partial charge in [-0.1, -0.05) is 18.2 Å². The number of amides is 2. The van der Waals surface area contributed by atoms with Gasteiger partial charge in [0.2, 0.25) is 5.91 Å². The van der Waals surface area contributed by atoms with Gasteiger partial charge in [0.05, 0.1) is 25.2 Å². The fourth-order valence-corrected chi connectivity index (χ4v) is 4.71. The summed E-state index contributed by atoms with van der Waals surface area (Å²) < 4.78 is 26.0. The number of benzene rings is 2. The highest BCUT2D eigenvalue weighted by molar-refractivity contribution is 6.30. The van der Waals surface area contributed by atoms with Crippen LogP contribution in [-0.2, 0) is 33.4 Å². The third-order valence-corrected chi connectivity index (χ3v) is 6.95. The Morgan fingerprint density at radius 3 is 2.66 bits per heavy atom. The fourth-order valence-electron chi connectivity index (χ4n) is 4.71. The maximum Gasteiger partial charge on any atom is 0.254 e. The molecule has 2 heterocycles. The number of hydrogen-bond acceptors (Lipinski definition) is 8. The third kappa shape index (κ3) is 5.17. The van der Waals surface area contributed by atoms with Crippen LogP contribution in [0.5, 0.6) is 5.75 Å². The van der Waals surface area contributed by atoms with E-state index in [-0.39, 0.29) is 50.2 Å². The van der Waals surface area contributed by atoms with Crippen LogP contribution in [0.4, 0.5) is 4.39 Å². The summed E-state index contributed by atoms with van der Waals surface area (Å²) in [6.45, 7) is 1.01. The Hall–Kier alpha value is -3.32. The van der Waals surface area contributed by atoms with Crippen LogP contribution in [0.15, 0.2) is 36.4 Å². The maximum atomic E-state index is 15.0. The van der Waals surface area contributed by atoms with Crippen LogP contribution < -0.4 is 10.1 Å². The lowest BCUT2D eigenvalue weighted by molar-refractivity contribution is -0.287. The molecule has 4 rings (SSSR count). The van der Waals surface area contributed by atoms with Crippen molar-refractivity contribution in [1.29, 1.82) is 0 Å². The van der Waals surface area contributed by atoms with Gasteiger partial charge < -0.3 is 34.7 Å². The Morgan fingerprint density at radius 1 is 1.26 bits per heavy atom. The number of aldehydes is 1. The molecule has 2 aliphatic heterocycles. The Morgan fingerprint density at radius 2 is 2.00 bits per heavy atom. The van der Waals surface area contributed by atoms with E-state index in [9.17, 15) is 29.0 Å². The van der Waals surface area contributed by atoms with Crippen molar-refractivity contribution in [3.05, 3.63) is 64.5 Å². The van der Waals surface area contributed by atoms with Crippen LogP contribution >= 0.6 is 0 Å². The molecule has 0 aliphatic carbocycles. The molecule has 2 aromatic carbocycles. The summed E-state index contributed by atoms with van der Waals surface area (Å²) in [6, 6.07) is 8.68. The van der Waals surface area contributed by atoms with Crippen molar-refractivity contribution >= 4 is 25.9 Å². The van der Waals surface area contributed by atoms with E-state index in [1.807, 2.05) is 0 Å². The molecule has 0 bridgehead atoms. The van der Waals surface area contributed by atoms with Gasteiger partial charge in [-0.25, -0.2) is 9.29 Å². The van der Waals surface area contributed by atoms with Gasteiger partial charge in [-0.15, -0.1) is 0 Å². The summed E-state index contributed by atoms with van der Waals surface area (Å²) in [4.78, 5) is 39.3. The molecule has 2 aliphatic rings. The van der Waals surface area contributed by atoms with Crippen molar-refractivity contribution in [2.75, 3.05) is 33.4 Å². The van der Waals surface area contributed by atoms with Gasteiger partial charge in [0.1, 0.15) is 32.3 Å². The standard InChI is InChI=1S/C26H29BFN3O7/c1-29-24(34)25(27,8-3-11-32)31-15-20-19(23(31)33)4-2-5-22(20)38-16-17-6-7-18(14-21(17)28)26(35,36)30-9-12-37-13-10-30/h2,4-7,11,14,35-36H,3,8-10,12-13,15-16H2,1H3,(H,29,34). The zero-order chi connectivity index (χ0) is 27.5. The normalized spacial score (nSPS) is 17.6. The molecule has 1 saturated heterocycles. The molecule has 0 spiro atoms. The highest BCUT2D eigenvalue weighted by atomic mass is 19.1. The van der Waals surface area contributed by atoms with Gasteiger partial charge in [-0.2, -0.15) is 0 Å². The summed E-state index contributed by atoms with van der Waals surface area (Å²) in [5.41, 5.74) is -0.830. The number of morpholine rings is 1. The molecule has 1 fully saturated rings. The first-order valence-corrected chi connectivity index (χ1v) is 12.2. The van der Waals surface area contributed by atoms with Crippen LogP contribution in [0.3, 0.4) is 0 Å². The Labute approximate surface area is 220 Å². The number of rotatable bonds is 10. The average molecular weight is 525 g/mol. The van der Waals surface area contributed by atoms with Gasteiger partial charge in [0, 0.05) is 48.8 Å². The minimum Gasteiger partial charge on any atom is -0.488 e. The second-order valence-corrected chi connectivity index (χ2v) is 9.21. The number of hydrogen-bond donors (Lipinski definition) is 3. The minimum atomic E-state index is -2.35. The predicted octanol–water partition coefficient (Wildman–Crippen LogP) is 0.378. The molecule has 1 atom stereocenters. The quantitative estimate of drug-likeness (QED) is 0.231. The molecule has 1 unspecified atom stereocenters. The van der Waals surface area contributed by atoms with Crippen LogP contribution in [0.2, 0.25) is 0 Å². The van der Waals surface area contributed by atoms with Crippen LogP contribution in [0.25, 0.3) is 0 Å². The number of likely N-dealkylation sites (N-methyl/N-ethyl adjacent to an activating group) is 1. The monoisotopic (exact) mass is 525 g/mol. The zero-order valence-electron chi connectivity index (χ0n) is 21.0. The molecule has 3 N–H and O–H groups in total. The summed E-state index contributed by atoms with van der Waals surface area (Å²) in [5.74, 6) is -3.82. The van der Waals surface area contributed by atoms with E-state index < -0.39 is 29.0 Å². The Balaban J connectivity index is 1.52. The largest absolute Gasteiger partial charge is 0.488 e. The molecular weight excluding hydrogens is 496 g/mol. The van der Waals surface area contributed by atoms with Gasteiger partial charge in [-0.3, -0.25) is 9.59 Å². The lowest BCUT2D eigenvalue weighted by Crippen LogP contribution is -2.59. The van der Waals surface area contributed by atoms with Crippen molar-refractivity contribution < 1.29 is 38.5 Å². The van der Waals surface area contributed by atoms with Gasteiger partial charge in [0.25, 0.3) is 11.8 Å². The second kappa shape index (κ2) is 11.2. The Kier molecular flexibility index (Phi) is 8.17. The number of fused-ring (bicyclic) bond motifs is 1. The molecule has 0 aromatic heterocycles. The molecule has 2 aromatic rings. The Bertz CT molecular complexity index is 1220. The molecule has 2 radical (unpaired) electrons. The lowest BCUT2D eigenvalue weighted by Gasteiger charge is -2.37. The first kappa shape index (κ1) is 27.7. The molecular formula is C26H29BFN3O7. The number of nitrogens with one attached hydrogen (secondary N) is 1. The zero-order valence-corrected chi connectivity index (χ0v) is 21.0. The molecule has 2 amide bonds. The number of carbonyl (C=O) groups is 3. The van der Waals surface area contributed by atoms with Crippen LogP contribution in [0, 0.1) is 5.82 Å². The van der Waals surface area contributed by atoms with E-state index in [4.69, 9.17) is 17.3 Å². The summed E-state index contributed by atoms with van der Waals surface area (Å²) in [6.07, 6.45) is 0.549. The maximum absolute atomic E-state index is 15.0. The SMILES string of the molecule is [B]C(CCC=O)(C(=O)NC)N1Cc2c(OCc3ccc(C(O)(O)N4CCOCC4)cc3F)cccc2C1=O. The first-order valence-electron chi connectivity index (χ1n) is 12.2. The van der Waals surface area contributed by atoms with Crippen molar-refractivity contribution in [1.82, 2.24) is 15.1 Å². The van der Waals surface area contributed by atoms with Gasteiger partial charge in [0.15, 0.2) is 0 Å². The molecule has 10 nitrogen and oxygen atoms in total. The highest BCUT2D eigenvalue weighted by Gasteiger charge is 2.45. The smallest absolute Gasteiger partial charge is 0.254 e. The number of ether oxygens (including phenoxy) is 2. The van der Waals surface area contributed by atoms with E-state index >= 15 is 0 Å². The van der Waals surface area contributed by atoms with E-state index in [0.29, 0.717) is 36.4 Å². The third-order valence-electron chi connectivity index (χ3n) is 6.95. The number of halogens is 1. The number of nitrogens with zero attached hydrogens (tertiary/aromatic N) is 2. The van der Waals surface area contributed by atoms with Crippen molar-refractivity contribution in [3.63, 3.8) is 0 Å².